The summed E-state index contributed by atoms with van der Waals surface area (Å²) in [5.41, 5.74) is 2.81. The largest absolute Gasteiger partial charge is 0.382 e. The smallest absolute Gasteiger partial charge is 0.264 e. The molecule has 1 atom stereocenters. The number of ether oxygens (including phenoxy) is 1. The second-order valence-corrected chi connectivity index (χ2v) is 18.9. The summed E-state index contributed by atoms with van der Waals surface area (Å²) in [5.74, 6) is -2.68. The summed E-state index contributed by atoms with van der Waals surface area (Å²) >= 11 is 0. The van der Waals surface area contributed by atoms with E-state index in [0.29, 0.717) is 60.3 Å². The van der Waals surface area contributed by atoms with Gasteiger partial charge < -0.3 is 25.6 Å². The highest BCUT2D eigenvalue weighted by molar-refractivity contribution is 7.94. The fourth-order valence-corrected chi connectivity index (χ4v) is 8.25. The zero-order chi connectivity index (χ0) is 44.3. The number of halogens is 2. The number of amides is 4. The second kappa shape index (κ2) is 18.1. The fourth-order valence-electron chi connectivity index (χ4n) is 7.49. The average molecular weight is 874 g/mol. The lowest BCUT2D eigenvalue weighted by molar-refractivity contribution is -0.136. The van der Waals surface area contributed by atoms with Crippen molar-refractivity contribution in [3.05, 3.63) is 94.7 Å². The maximum Gasteiger partial charge on any atom is 0.264 e. The van der Waals surface area contributed by atoms with Crippen LogP contribution in [0.1, 0.15) is 84.2 Å². The molecule has 5 N–H and O–H groups in total. The number of carbonyl (C=O) groups excluding carboxylic acids is 4. The third-order valence-electron chi connectivity index (χ3n) is 11.1. The molecule has 2 fully saturated rings. The van der Waals surface area contributed by atoms with Crippen molar-refractivity contribution in [2.45, 2.75) is 70.1 Å². The first kappa shape index (κ1) is 44.0. The minimum Gasteiger partial charge on any atom is -0.382 e. The number of piperidine rings is 2. The molecule has 4 amide bonds. The number of aryl methyl sites for hydroxylation is 1. The van der Waals surface area contributed by atoms with Gasteiger partial charge in [-0.05, 0) is 114 Å². The van der Waals surface area contributed by atoms with Crippen LogP contribution in [0.3, 0.4) is 0 Å². The van der Waals surface area contributed by atoms with Crippen molar-refractivity contribution in [2.24, 2.45) is 0 Å². The van der Waals surface area contributed by atoms with Crippen LogP contribution in [0.4, 0.5) is 43.3 Å². The van der Waals surface area contributed by atoms with Crippen molar-refractivity contribution in [1.82, 2.24) is 25.1 Å². The average Bonchev–Trinajstić information content (AvgIpc) is 3.47. The number of fused-ring (bicyclic) bond motifs is 1. The number of nitrogens with one attached hydrogen (secondary N) is 5. The van der Waals surface area contributed by atoms with Crippen molar-refractivity contribution in [3.63, 3.8) is 0 Å². The Labute approximate surface area is 358 Å². The highest BCUT2D eigenvalue weighted by Crippen LogP contribution is 2.34. The van der Waals surface area contributed by atoms with Crippen molar-refractivity contribution >= 4 is 68.2 Å². The van der Waals surface area contributed by atoms with E-state index in [0.717, 1.165) is 36.9 Å². The van der Waals surface area contributed by atoms with E-state index in [1.165, 1.54) is 39.0 Å². The lowest BCUT2D eigenvalue weighted by atomic mass is 9.89. The number of aromatic nitrogens is 2. The van der Waals surface area contributed by atoms with Gasteiger partial charge in [0.1, 0.15) is 23.5 Å². The van der Waals surface area contributed by atoms with E-state index in [4.69, 9.17) is 4.74 Å². The number of anilines is 6. The Morgan fingerprint density at radius 2 is 1.63 bits per heavy atom. The van der Waals surface area contributed by atoms with Crippen LogP contribution in [0, 0.1) is 18.6 Å². The molecule has 2 saturated heterocycles. The predicted molar refractivity (Wildman–Crippen MR) is 229 cm³/mol. The van der Waals surface area contributed by atoms with Crippen LogP contribution >= 0.6 is 0 Å². The molecule has 0 aliphatic carbocycles. The summed E-state index contributed by atoms with van der Waals surface area (Å²) in [5, 5.41) is 11.5. The van der Waals surface area contributed by atoms with Gasteiger partial charge in [-0.2, -0.15) is 4.98 Å². The normalized spacial score (nSPS) is 17.5. The van der Waals surface area contributed by atoms with Crippen LogP contribution < -0.4 is 26.0 Å². The third kappa shape index (κ3) is 9.69. The van der Waals surface area contributed by atoms with Gasteiger partial charge in [0.25, 0.3) is 11.8 Å². The Balaban J connectivity index is 0.855. The van der Waals surface area contributed by atoms with Crippen molar-refractivity contribution in [3.8, 4) is 0 Å². The lowest BCUT2D eigenvalue weighted by Crippen LogP contribution is -2.54. The summed E-state index contributed by atoms with van der Waals surface area (Å²) in [6.45, 7) is 9.74. The van der Waals surface area contributed by atoms with Gasteiger partial charge in [0.05, 0.1) is 34.8 Å². The summed E-state index contributed by atoms with van der Waals surface area (Å²) in [6.07, 6.45) is 3.25. The number of hydrogen-bond donors (Lipinski definition) is 5. The standard InChI is InChI=1S/C43H49F2N9O7S/c1-25-24-47-42(51-38(25)48-28-9-11-31(44)34(23-28)52-62(59,60)43(2,3)4)49-27-8-10-29(32(45)22-27)26-14-17-53(18-15-26)19-21-61-20-16-46-33-7-5-6-30-37(33)41(58)54(40(30)57)35-12-13-36(55)50-39(35)56/h5-11,22-24,26,35,46,52H,12-21H2,1-4H3,(H,50,55,56)(H2,47,48,49,51). The second-order valence-electron chi connectivity index (χ2n) is 16.5. The van der Waals surface area contributed by atoms with Gasteiger partial charge in [0.2, 0.25) is 27.8 Å². The SMILES string of the molecule is Cc1cnc(Nc2ccc(C3CCN(CCOCCNc4cccc5c4C(=O)N(C4CCC(=O)NC4=O)C5=O)CC3)c(F)c2)nc1Nc1ccc(F)c(NS(=O)(=O)C(C)(C)C)c1. The molecule has 1 aromatic heterocycles. The van der Waals surface area contributed by atoms with E-state index in [9.17, 15) is 32.0 Å². The number of hydrogen-bond acceptors (Lipinski definition) is 13. The molecule has 19 heteroatoms. The molecule has 62 heavy (non-hydrogen) atoms. The fraction of sp³-hybridized carbons (Fsp3) is 0.395. The molecular formula is C43H49F2N9O7S. The number of benzene rings is 3. The summed E-state index contributed by atoms with van der Waals surface area (Å²) < 4.78 is 62.4. The van der Waals surface area contributed by atoms with E-state index in [1.54, 1.807) is 43.5 Å². The van der Waals surface area contributed by atoms with Crippen LogP contribution in [0.25, 0.3) is 0 Å². The van der Waals surface area contributed by atoms with E-state index in [2.05, 4.69) is 40.9 Å². The van der Waals surface area contributed by atoms with Crippen LogP contribution in [-0.4, -0.2) is 102 Å². The quantitative estimate of drug-likeness (QED) is 0.0709. The van der Waals surface area contributed by atoms with Gasteiger partial charge in [-0.25, -0.2) is 22.2 Å². The van der Waals surface area contributed by atoms with Gasteiger partial charge in [0.15, 0.2) is 0 Å². The van der Waals surface area contributed by atoms with E-state index >= 15 is 4.39 Å². The molecule has 0 radical (unpaired) electrons. The maximum absolute atomic E-state index is 15.5. The van der Waals surface area contributed by atoms with E-state index in [1.807, 2.05) is 0 Å². The number of carbonyl (C=O) groups is 4. The predicted octanol–water partition coefficient (Wildman–Crippen LogP) is 5.80. The maximum atomic E-state index is 15.5. The Morgan fingerprint density at radius 3 is 2.35 bits per heavy atom. The van der Waals surface area contributed by atoms with Crippen LogP contribution in [0.15, 0.2) is 60.8 Å². The third-order valence-corrected chi connectivity index (χ3v) is 13.2. The topological polar surface area (TPSA) is 204 Å². The summed E-state index contributed by atoms with van der Waals surface area (Å²) in [4.78, 5) is 62.5. The van der Waals surface area contributed by atoms with Gasteiger partial charge >= 0.3 is 0 Å². The molecule has 0 spiro atoms. The van der Waals surface area contributed by atoms with Gasteiger partial charge in [0, 0.05) is 48.3 Å². The number of nitrogens with zero attached hydrogens (tertiary/aromatic N) is 4. The Bertz CT molecular complexity index is 2510. The lowest BCUT2D eigenvalue weighted by Gasteiger charge is -2.32. The van der Waals surface area contributed by atoms with E-state index in [-0.39, 0.29) is 47.3 Å². The number of imide groups is 2. The van der Waals surface area contributed by atoms with Crippen molar-refractivity contribution < 1.29 is 41.1 Å². The van der Waals surface area contributed by atoms with Gasteiger partial charge in [-0.1, -0.05) is 12.1 Å². The molecule has 16 nitrogen and oxygen atoms in total. The van der Waals surface area contributed by atoms with Crippen LogP contribution in [0.5, 0.6) is 0 Å². The zero-order valence-electron chi connectivity index (χ0n) is 34.8. The Kier molecular flexibility index (Phi) is 12.9. The molecular weight excluding hydrogens is 825 g/mol. The number of rotatable bonds is 15. The molecule has 0 saturated carbocycles. The molecule has 3 aromatic carbocycles. The molecule has 3 aliphatic rings. The van der Waals surface area contributed by atoms with Gasteiger partial charge in [-0.3, -0.25) is 34.1 Å². The Hall–Kier alpha value is -6.05. The van der Waals surface area contributed by atoms with Crippen molar-refractivity contribution in [1.29, 1.82) is 0 Å². The number of sulfonamides is 1. The van der Waals surface area contributed by atoms with Crippen LogP contribution in [0.2, 0.25) is 0 Å². The molecule has 3 aliphatic heterocycles. The first-order chi connectivity index (χ1) is 29.5. The number of likely N-dealkylation sites (tertiary alicyclic amines) is 1. The monoisotopic (exact) mass is 873 g/mol. The van der Waals surface area contributed by atoms with Gasteiger partial charge in [-0.15, -0.1) is 0 Å². The summed E-state index contributed by atoms with van der Waals surface area (Å²) in [6, 6.07) is 12.8. The molecule has 7 rings (SSSR count). The zero-order valence-corrected chi connectivity index (χ0v) is 35.6. The highest BCUT2D eigenvalue weighted by Gasteiger charge is 2.45. The van der Waals surface area contributed by atoms with Crippen molar-refractivity contribution in [2.75, 3.05) is 60.1 Å². The molecule has 4 aromatic rings. The minimum absolute atomic E-state index is 0.0402. The Morgan fingerprint density at radius 1 is 0.887 bits per heavy atom. The molecule has 4 heterocycles. The minimum atomic E-state index is -3.87. The molecule has 0 bridgehead atoms. The summed E-state index contributed by atoms with van der Waals surface area (Å²) in [7, 11) is -3.87. The first-order valence-corrected chi connectivity index (χ1v) is 21.8. The van der Waals surface area contributed by atoms with E-state index < -0.39 is 50.3 Å². The molecule has 1 unspecified atom stereocenters. The molecule has 328 valence electrons. The van der Waals surface area contributed by atoms with Crippen LogP contribution in [-0.2, 0) is 24.3 Å². The first-order valence-electron chi connectivity index (χ1n) is 20.4. The highest BCUT2D eigenvalue weighted by atomic mass is 32.2.